The van der Waals surface area contributed by atoms with Crippen LogP contribution in [0.5, 0.6) is 5.75 Å². The van der Waals surface area contributed by atoms with Crippen LogP contribution in [0.4, 0.5) is 5.95 Å². The standard InChI is InChI=1S/C16H23N5O2/c1-4-10-21-19-16(18-20-21)17-15(22)11-23-14-8-6-13(7-9-14)12(3)5-2/h6-9,12H,4-5,10-11H2,1-3H3,(H,17,19,22)/p+1. The summed E-state index contributed by atoms with van der Waals surface area (Å²) >= 11 is 0. The average Bonchev–Trinajstić information content (AvgIpc) is 3.00. The Morgan fingerprint density at radius 1 is 1.35 bits per heavy atom. The van der Waals surface area contributed by atoms with Crippen molar-refractivity contribution in [1.29, 1.82) is 0 Å². The smallest absolute Gasteiger partial charge is 0.407 e. The summed E-state index contributed by atoms with van der Waals surface area (Å²) in [4.78, 5) is 13.4. The molecule has 2 rings (SSSR count). The van der Waals surface area contributed by atoms with Crippen LogP contribution in [0.15, 0.2) is 24.3 Å². The van der Waals surface area contributed by atoms with Gasteiger partial charge in [-0.3, -0.25) is 10.1 Å². The fraction of sp³-hybridized carbons (Fsp3) is 0.500. The van der Waals surface area contributed by atoms with Crippen molar-refractivity contribution < 1.29 is 14.3 Å². The van der Waals surface area contributed by atoms with Crippen LogP contribution in [0, 0.1) is 0 Å². The van der Waals surface area contributed by atoms with Crippen molar-refractivity contribution in [3.8, 4) is 5.75 Å². The number of carbonyl (C=O) groups excluding carboxylic acids is 1. The van der Waals surface area contributed by atoms with Crippen LogP contribution in [0.3, 0.4) is 0 Å². The number of aromatic amines is 1. The molecule has 2 N–H and O–H groups in total. The summed E-state index contributed by atoms with van der Waals surface area (Å²) in [5.41, 5.74) is 1.27. The number of aryl methyl sites for hydroxylation is 1. The van der Waals surface area contributed by atoms with Crippen molar-refractivity contribution in [3.63, 3.8) is 0 Å². The monoisotopic (exact) mass is 318 g/mol. The van der Waals surface area contributed by atoms with E-state index in [4.69, 9.17) is 4.74 Å². The first-order valence-electron chi connectivity index (χ1n) is 7.97. The minimum Gasteiger partial charge on any atom is -0.484 e. The van der Waals surface area contributed by atoms with Crippen LogP contribution in [-0.4, -0.2) is 27.9 Å². The third-order valence-corrected chi connectivity index (χ3v) is 3.60. The number of amides is 1. The second-order valence-electron chi connectivity index (χ2n) is 5.47. The number of nitrogens with zero attached hydrogens (tertiary/aromatic N) is 3. The largest absolute Gasteiger partial charge is 0.484 e. The zero-order valence-electron chi connectivity index (χ0n) is 13.9. The highest BCUT2D eigenvalue weighted by molar-refractivity contribution is 5.89. The van der Waals surface area contributed by atoms with Crippen molar-refractivity contribution >= 4 is 11.9 Å². The molecule has 124 valence electrons. The van der Waals surface area contributed by atoms with Gasteiger partial charge >= 0.3 is 5.95 Å². The van der Waals surface area contributed by atoms with Gasteiger partial charge in [0.15, 0.2) is 6.61 Å². The molecule has 0 aliphatic carbocycles. The number of hydrogen-bond donors (Lipinski definition) is 2. The first kappa shape index (κ1) is 16.9. The Labute approximate surface area is 136 Å². The molecule has 0 saturated carbocycles. The summed E-state index contributed by atoms with van der Waals surface area (Å²) in [6.45, 7) is 7.03. The van der Waals surface area contributed by atoms with E-state index < -0.39 is 0 Å². The maximum atomic E-state index is 11.8. The Kier molecular flexibility index (Phi) is 6.08. The van der Waals surface area contributed by atoms with E-state index in [1.165, 1.54) is 5.56 Å². The van der Waals surface area contributed by atoms with Gasteiger partial charge in [0.05, 0.1) is 5.10 Å². The van der Waals surface area contributed by atoms with E-state index in [-0.39, 0.29) is 18.5 Å². The minimum atomic E-state index is -0.293. The molecule has 1 aromatic heterocycles. The normalized spacial score (nSPS) is 12.0. The van der Waals surface area contributed by atoms with Crippen molar-refractivity contribution in [2.45, 2.75) is 46.1 Å². The van der Waals surface area contributed by atoms with Gasteiger partial charge in [-0.05, 0) is 41.7 Å². The summed E-state index contributed by atoms with van der Waals surface area (Å²) in [6, 6.07) is 7.84. The van der Waals surface area contributed by atoms with Gasteiger partial charge in [0.1, 0.15) is 12.3 Å². The molecule has 0 fully saturated rings. The molecular weight excluding hydrogens is 294 g/mol. The molecule has 7 nitrogen and oxygen atoms in total. The molecule has 0 spiro atoms. The molecule has 0 saturated heterocycles. The van der Waals surface area contributed by atoms with Crippen LogP contribution in [0.2, 0.25) is 0 Å². The maximum absolute atomic E-state index is 11.8. The zero-order valence-corrected chi connectivity index (χ0v) is 13.9. The molecule has 0 aliphatic heterocycles. The molecule has 1 amide bonds. The summed E-state index contributed by atoms with van der Waals surface area (Å²) in [7, 11) is 0. The average molecular weight is 318 g/mol. The lowest BCUT2D eigenvalue weighted by Crippen LogP contribution is -2.39. The highest BCUT2D eigenvalue weighted by Gasteiger charge is 2.14. The Morgan fingerprint density at radius 3 is 2.74 bits per heavy atom. The highest BCUT2D eigenvalue weighted by Crippen LogP contribution is 2.21. The van der Waals surface area contributed by atoms with Crippen molar-refractivity contribution in [2.24, 2.45) is 0 Å². The van der Waals surface area contributed by atoms with Gasteiger partial charge in [0.2, 0.25) is 0 Å². The quantitative estimate of drug-likeness (QED) is 0.730. The highest BCUT2D eigenvalue weighted by atomic mass is 16.5. The van der Waals surface area contributed by atoms with Crippen LogP contribution < -0.4 is 14.9 Å². The fourth-order valence-corrected chi connectivity index (χ4v) is 2.07. The SMILES string of the molecule is CCC[n+]1nc(NC(=O)COc2ccc(C(C)CC)cc2)n[nH]1. The van der Waals surface area contributed by atoms with Crippen molar-refractivity contribution in [2.75, 3.05) is 11.9 Å². The van der Waals surface area contributed by atoms with Crippen LogP contribution >= 0.6 is 0 Å². The number of tetrazole rings is 1. The second kappa shape index (κ2) is 8.26. The molecule has 0 aliphatic rings. The molecule has 23 heavy (non-hydrogen) atoms. The summed E-state index contributed by atoms with van der Waals surface area (Å²) < 4.78 is 5.48. The fourth-order valence-electron chi connectivity index (χ4n) is 2.07. The summed E-state index contributed by atoms with van der Waals surface area (Å²) in [5, 5.41) is 13.3. The predicted molar refractivity (Wildman–Crippen MR) is 86.1 cm³/mol. The van der Waals surface area contributed by atoms with Crippen molar-refractivity contribution in [1.82, 2.24) is 15.4 Å². The van der Waals surface area contributed by atoms with Gasteiger partial charge in [-0.2, -0.15) is 0 Å². The van der Waals surface area contributed by atoms with E-state index in [9.17, 15) is 4.79 Å². The molecular formula is C16H24N5O2+. The molecule has 1 unspecified atom stereocenters. The topological polar surface area (TPSA) is 83.8 Å². The summed E-state index contributed by atoms with van der Waals surface area (Å²) in [5.74, 6) is 1.15. The molecule has 1 aromatic carbocycles. The Morgan fingerprint density at radius 2 is 2.09 bits per heavy atom. The van der Waals surface area contributed by atoms with E-state index in [2.05, 4.69) is 34.6 Å². The van der Waals surface area contributed by atoms with Crippen molar-refractivity contribution in [3.05, 3.63) is 29.8 Å². The molecule has 2 aromatic rings. The third-order valence-electron chi connectivity index (χ3n) is 3.60. The number of benzene rings is 1. The molecule has 1 atom stereocenters. The number of aromatic nitrogens is 4. The number of carbonyl (C=O) groups is 1. The van der Waals surface area contributed by atoms with Gasteiger partial charge in [-0.15, -0.1) is 0 Å². The lowest BCUT2D eigenvalue weighted by molar-refractivity contribution is -0.804. The number of H-pyrrole nitrogens is 1. The summed E-state index contributed by atoms with van der Waals surface area (Å²) in [6.07, 6.45) is 2.03. The van der Waals surface area contributed by atoms with Gasteiger partial charge in [-0.25, -0.2) is 0 Å². The zero-order chi connectivity index (χ0) is 16.7. The van der Waals surface area contributed by atoms with E-state index in [1.54, 1.807) is 4.80 Å². The van der Waals surface area contributed by atoms with Gasteiger partial charge < -0.3 is 4.74 Å². The number of ether oxygens (including phenoxy) is 1. The Bertz CT molecular complexity index is 624. The second-order valence-corrected chi connectivity index (χ2v) is 5.47. The molecule has 0 radical (unpaired) electrons. The number of anilines is 1. The molecule has 7 heteroatoms. The maximum Gasteiger partial charge on any atom is 0.407 e. The Balaban J connectivity index is 1.81. The number of nitrogens with one attached hydrogen (secondary N) is 2. The van der Waals surface area contributed by atoms with Gasteiger partial charge in [0, 0.05) is 5.10 Å². The Hall–Kier alpha value is -2.44. The number of rotatable bonds is 8. The third kappa shape index (κ3) is 5.05. The van der Waals surface area contributed by atoms with Gasteiger partial charge in [0.25, 0.3) is 5.91 Å². The predicted octanol–water partition coefficient (Wildman–Crippen LogP) is 2.03. The van der Waals surface area contributed by atoms with E-state index >= 15 is 0 Å². The van der Waals surface area contributed by atoms with Crippen LogP contribution in [0.25, 0.3) is 0 Å². The van der Waals surface area contributed by atoms with Gasteiger partial charge in [-0.1, -0.05) is 37.7 Å². The van der Waals surface area contributed by atoms with E-state index in [0.717, 1.165) is 19.4 Å². The van der Waals surface area contributed by atoms with E-state index in [1.807, 2.05) is 31.2 Å². The first-order valence-corrected chi connectivity index (χ1v) is 7.97. The lowest BCUT2D eigenvalue weighted by atomic mass is 9.99. The van der Waals surface area contributed by atoms with Crippen LogP contribution in [0.1, 0.15) is 45.1 Å². The van der Waals surface area contributed by atoms with E-state index in [0.29, 0.717) is 11.7 Å². The van der Waals surface area contributed by atoms with Crippen LogP contribution in [-0.2, 0) is 11.3 Å². The lowest BCUT2D eigenvalue weighted by Gasteiger charge is -2.10. The first-order chi connectivity index (χ1) is 11.1. The molecule has 0 bridgehead atoms. The minimum absolute atomic E-state index is 0.0784. The molecule has 1 heterocycles. The number of hydrogen-bond acceptors (Lipinski definition) is 4.